The smallest absolute Gasteiger partial charge is 0.317 e. The van der Waals surface area contributed by atoms with Crippen molar-refractivity contribution in [3.8, 4) is 0 Å². The molecule has 0 fully saturated rings. The van der Waals surface area contributed by atoms with Crippen molar-refractivity contribution >= 4 is 6.03 Å². The third-order valence-corrected chi connectivity index (χ3v) is 2.97. The fraction of sp³-hybridized carbons (Fsp3) is 0.714. The van der Waals surface area contributed by atoms with Crippen molar-refractivity contribution in [3.05, 3.63) is 18.7 Å². The zero-order valence-corrected chi connectivity index (χ0v) is 12.7. The van der Waals surface area contributed by atoms with Crippen LogP contribution in [-0.2, 0) is 6.54 Å². The van der Waals surface area contributed by atoms with E-state index in [1.54, 1.807) is 17.4 Å². The largest absolute Gasteiger partial charge is 0.335 e. The lowest BCUT2D eigenvalue weighted by molar-refractivity contribution is 0.191. The van der Waals surface area contributed by atoms with Crippen molar-refractivity contribution in [2.45, 2.75) is 46.2 Å². The fourth-order valence-corrected chi connectivity index (χ4v) is 1.81. The van der Waals surface area contributed by atoms with Crippen LogP contribution < -0.4 is 5.32 Å². The van der Waals surface area contributed by atoms with Crippen molar-refractivity contribution in [1.29, 1.82) is 0 Å². The normalized spacial score (nSPS) is 11.7. The molecule has 0 saturated heterocycles. The van der Waals surface area contributed by atoms with Gasteiger partial charge in [-0.25, -0.2) is 9.78 Å². The van der Waals surface area contributed by atoms with Gasteiger partial charge in [0, 0.05) is 32.5 Å². The summed E-state index contributed by atoms with van der Waals surface area (Å²) in [6.45, 7) is 9.84. The number of urea groups is 1. The van der Waals surface area contributed by atoms with Gasteiger partial charge < -0.3 is 14.8 Å². The summed E-state index contributed by atoms with van der Waals surface area (Å²) in [7, 11) is 1.84. The SMILES string of the molecule is CC(C)CCN(C)C(=O)NC(C)(C)Cn1ccnc1. The van der Waals surface area contributed by atoms with Crippen LogP contribution in [0.4, 0.5) is 4.79 Å². The van der Waals surface area contributed by atoms with Crippen LogP contribution >= 0.6 is 0 Å². The van der Waals surface area contributed by atoms with E-state index in [0.717, 1.165) is 13.0 Å². The maximum absolute atomic E-state index is 12.1. The zero-order valence-electron chi connectivity index (χ0n) is 12.7. The number of amides is 2. The minimum absolute atomic E-state index is 0.0224. The highest BCUT2D eigenvalue weighted by atomic mass is 16.2. The second kappa shape index (κ2) is 6.59. The van der Waals surface area contributed by atoms with Gasteiger partial charge in [0.2, 0.25) is 0 Å². The van der Waals surface area contributed by atoms with Gasteiger partial charge in [0.1, 0.15) is 0 Å². The van der Waals surface area contributed by atoms with Crippen molar-refractivity contribution in [2.24, 2.45) is 5.92 Å². The quantitative estimate of drug-likeness (QED) is 0.859. The van der Waals surface area contributed by atoms with Crippen LogP contribution in [0.1, 0.15) is 34.1 Å². The Morgan fingerprint density at radius 2 is 2.16 bits per heavy atom. The summed E-state index contributed by atoms with van der Waals surface area (Å²) in [4.78, 5) is 17.8. The van der Waals surface area contributed by atoms with Crippen LogP contribution in [0.2, 0.25) is 0 Å². The molecule has 0 radical (unpaired) electrons. The van der Waals surface area contributed by atoms with Crippen LogP contribution in [0.3, 0.4) is 0 Å². The minimum atomic E-state index is -0.302. The average Bonchev–Trinajstić information content (AvgIpc) is 2.76. The highest BCUT2D eigenvalue weighted by Gasteiger charge is 2.22. The molecule has 0 atom stereocenters. The van der Waals surface area contributed by atoms with Crippen LogP contribution in [-0.4, -0.2) is 39.6 Å². The number of carbonyl (C=O) groups excluding carboxylic acids is 1. The molecule has 108 valence electrons. The number of imidazole rings is 1. The Hall–Kier alpha value is -1.52. The first-order valence-electron chi connectivity index (χ1n) is 6.79. The zero-order chi connectivity index (χ0) is 14.5. The Balaban J connectivity index is 2.45. The van der Waals surface area contributed by atoms with Crippen LogP contribution in [0.25, 0.3) is 0 Å². The number of nitrogens with zero attached hydrogens (tertiary/aromatic N) is 3. The summed E-state index contributed by atoms with van der Waals surface area (Å²) in [5.41, 5.74) is -0.302. The summed E-state index contributed by atoms with van der Waals surface area (Å²) >= 11 is 0. The molecule has 0 aliphatic heterocycles. The maximum atomic E-state index is 12.1. The third-order valence-electron chi connectivity index (χ3n) is 2.97. The molecule has 0 bridgehead atoms. The monoisotopic (exact) mass is 266 g/mol. The number of nitrogens with one attached hydrogen (secondary N) is 1. The van der Waals surface area contributed by atoms with Crippen LogP contribution in [0.5, 0.6) is 0 Å². The van der Waals surface area contributed by atoms with E-state index in [9.17, 15) is 4.79 Å². The van der Waals surface area contributed by atoms with Gasteiger partial charge in [-0.3, -0.25) is 0 Å². The predicted octanol–water partition coefficient (Wildman–Crippen LogP) is 2.35. The van der Waals surface area contributed by atoms with Gasteiger partial charge in [-0.1, -0.05) is 13.8 Å². The van der Waals surface area contributed by atoms with Crippen molar-refractivity contribution in [2.75, 3.05) is 13.6 Å². The molecule has 0 aromatic carbocycles. The summed E-state index contributed by atoms with van der Waals surface area (Å²) in [5.74, 6) is 0.606. The first kappa shape index (κ1) is 15.5. The van der Waals surface area contributed by atoms with Gasteiger partial charge in [-0.05, 0) is 26.2 Å². The lowest BCUT2D eigenvalue weighted by Gasteiger charge is -2.29. The molecular formula is C14H26N4O. The standard InChI is InChI=1S/C14H26N4O/c1-12(2)6-8-17(5)13(19)16-14(3,4)10-18-9-7-15-11-18/h7,9,11-12H,6,8,10H2,1-5H3,(H,16,19). The molecule has 0 aliphatic carbocycles. The van der Waals surface area contributed by atoms with E-state index in [-0.39, 0.29) is 11.6 Å². The van der Waals surface area contributed by atoms with Gasteiger partial charge in [0.15, 0.2) is 0 Å². The molecule has 1 aromatic heterocycles. The van der Waals surface area contributed by atoms with Gasteiger partial charge in [0.05, 0.1) is 11.9 Å². The van der Waals surface area contributed by atoms with Gasteiger partial charge in [-0.15, -0.1) is 0 Å². The highest BCUT2D eigenvalue weighted by molar-refractivity contribution is 5.74. The molecule has 5 heteroatoms. The molecule has 1 aromatic rings. The molecular weight excluding hydrogens is 240 g/mol. The number of aromatic nitrogens is 2. The topological polar surface area (TPSA) is 50.2 Å². The van der Waals surface area contributed by atoms with E-state index in [4.69, 9.17) is 0 Å². The number of hydrogen-bond acceptors (Lipinski definition) is 2. The maximum Gasteiger partial charge on any atom is 0.317 e. The molecule has 0 saturated carbocycles. The second-order valence-electron chi connectivity index (χ2n) is 6.15. The summed E-state index contributed by atoms with van der Waals surface area (Å²) in [6, 6.07) is -0.0224. The van der Waals surface area contributed by atoms with E-state index in [1.165, 1.54) is 0 Å². The predicted molar refractivity (Wildman–Crippen MR) is 76.9 cm³/mol. The van der Waals surface area contributed by atoms with E-state index < -0.39 is 0 Å². The van der Waals surface area contributed by atoms with Crippen molar-refractivity contribution in [3.63, 3.8) is 0 Å². The summed E-state index contributed by atoms with van der Waals surface area (Å²) < 4.78 is 1.97. The van der Waals surface area contributed by atoms with Gasteiger partial charge >= 0.3 is 6.03 Å². The first-order valence-corrected chi connectivity index (χ1v) is 6.79. The molecule has 2 amide bonds. The summed E-state index contributed by atoms with van der Waals surface area (Å²) in [5, 5.41) is 3.06. The number of rotatable bonds is 6. The molecule has 5 nitrogen and oxygen atoms in total. The van der Waals surface area contributed by atoms with Gasteiger partial charge in [0.25, 0.3) is 0 Å². The van der Waals surface area contributed by atoms with Crippen LogP contribution in [0, 0.1) is 5.92 Å². The van der Waals surface area contributed by atoms with Gasteiger partial charge in [-0.2, -0.15) is 0 Å². The lowest BCUT2D eigenvalue weighted by Crippen LogP contribution is -2.51. The lowest BCUT2D eigenvalue weighted by atomic mass is 10.1. The Morgan fingerprint density at radius 1 is 1.47 bits per heavy atom. The molecule has 1 rings (SSSR count). The number of carbonyl (C=O) groups is 1. The Morgan fingerprint density at radius 3 is 2.68 bits per heavy atom. The molecule has 1 N–H and O–H groups in total. The molecule has 0 spiro atoms. The molecule has 1 heterocycles. The van der Waals surface area contributed by atoms with E-state index in [2.05, 4.69) is 24.1 Å². The third kappa shape index (κ3) is 5.77. The van der Waals surface area contributed by atoms with E-state index in [1.807, 2.05) is 31.7 Å². The fourth-order valence-electron chi connectivity index (χ4n) is 1.81. The average molecular weight is 266 g/mol. The Kier molecular flexibility index (Phi) is 5.39. The molecule has 0 aliphatic rings. The number of hydrogen-bond donors (Lipinski definition) is 1. The Bertz CT molecular complexity index is 384. The first-order chi connectivity index (χ1) is 8.80. The van der Waals surface area contributed by atoms with Crippen molar-refractivity contribution < 1.29 is 4.79 Å². The Labute approximate surface area is 116 Å². The molecule has 0 unspecified atom stereocenters. The minimum Gasteiger partial charge on any atom is -0.335 e. The van der Waals surface area contributed by atoms with E-state index in [0.29, 0.717) is 12.5 Å². The highest BCUT2D eigenvalue weighted by Crippen LogP contribution is 2.08. The van der Waals surface area contributed by atoms with Crippen LogP contribution in [0.15, 0.2) is 18.7 Å². The summed E-state index contributed by atoms with van der Waals surface area (Å²) in [6.07, 6.45) is 6.42. The second-order valence-corrected chi connectivity index (χ2v) is 6.15. The van der Waals surface area contributed by atoms with E-state index >= 15 is 0 Å². The van der Waals surface area contributed by atoms with Crippen molar-refractivity contribution in [1.82, 2.24) is 19.8 Å². The molecule has 19 heavy (non-hydrogen) atoms.